The highest BCUT2D eigenvalue weighted by molar-refractivity contribution is 9.10. The summed E-state index contributed by atoms with van der Waals surface area (Å²) in [5, 5.41) is 19.5. The van der Waals surface area contributed by atoms with Crippen molar-refractivity contribution in [2.45, 2.75) is 169 Å². The average molecular weight is 1470 g/mol. The van der Waals surface area contributed by atoms with Crippen molar-refractivity contribution in [3.8, 4) is 22.9 Å². The topological polar surface area (TPSA) is 276 Å². The Balaban J connectivity index is 0.000000162. The zero-order valence-corrected chi connectivity index (χ0v) is 61.7. The molecule has 25 heteroatoms. The van der Waals surface area contributed by atoms with Gasteiger partial charge in [-0.25, -0.2) is 9.97 Å². The van der Waals surface area contributed by atoms with Gasteiger partial charge in [0.25, 0.3) is 0 Å². The Kier molecular flexibility index (Phi) is 25.0. The van der Waals surface area contributed by atoms with Crippen LogP contribution >= 0.6 is 31.9 Å². The van der Waals surface area contributed by atoms with Crippen LogP contribution in [0, 0.1) is 13.8 Å². The van der Waals surface area contributed by atoms with Crippen LogP contribution in [0.3, 0.4) is 0 Å². The zero-order valence-electron chi connectivity index (χ0n) is 58.6. The summed E-state index contributed by atoms with van der Waals surface area (Å²) < 4.78 is 49.4. The van der Waals surface area contributed by atoms with Gasteiger partial charge in [0.1, 0.15) is 12.2 Å². The molecule has 7 aromatic rings. The molecule has 0 radical (unpaired) electrons. The lowest BCUT2D eigenvalue weighted by Crippen LogP contribution is -2.41. The van der Waals surface area contributed by atoms with Gasteiger partial charge in [0.05, 0.1) is 65.5 Å². The van der Waals surface area contributed by atoms with Crippen LogP contribution in [0.1, 0.15) is 149 Å². The molecule has 12 rings (SSSR count). The van der Waals surface area contributed by atoms with E-state index in [1.54, 1.807) is 48.7 Å². The fraction of sp³-hybridized carbons (Fsp3) is 0.411. The Labute approximate surface area is 594 Å². The Bertz CT molecular complexity index is 3820. The summed E-state index contributed by atoms with van der Waals surface area (Å²) in [6, 6.07) is 41.1. The SMILES string of the molecule is CC1(C)OB(B2OC(C)(C)C(C)(C)O2)OC1(C)C.CC1(C)OB(c2ccccc2C(N)=O)OC1(C)C.Cc1ccc(O[C@H]2CCN(c3ccc(-c4ccccc4C(N)=O)cc3CO)C2)nc1.Cc1ccc(O[C@H]2CCN(c3ccc(Br)cc3CO)C2)nc1.NC(=O)c1ccccc1Br. The number of aryl methyl sites for hydroxylation is 2. The molecule has 5 aliphatic rings. The van der Waals surface area contributed by atoms with Gasteiger partial charge in [-0.3, -0.25) is 14.4 Å². The molecule has 520 valence electrons. The number of primary amides is 3. The number of hydrogen-bond donors (Lipinski definition) is 5. The van der Waals surface area contributed by atoms with Crippen molar-refractivity contribution in [3.63, 3.8) is 0 Å². The van der Waals surface area contributed by atoms with Crippen LogP contribution in [-0.2, 0) is 41.1 Å². The molecule has 2 atom stereocenters. The molecule has 0 bridgehead atoms. The lowest BCUT2D eigenvalue weighted by Gasteiger charge is -2.32. The molecule has 7 heterocycles. The molecule has 5 saturated heterocycles. The van der Waals surface area contributed by atoms with E-state index in [1.165, 1.54) is 0 Å². The van der Waals surface area contributed by atoms with Gasteiger partial charge in [0, 0.05) is 93.0 Å². The minimum atomic E-state index is -0.557. The second-order valence-corrected chi connectivity index (χ2v) is 29.5. The lowest BCUT2D eigenvalue weighted by atomic mass is 9.49. The minimum Gasteiger partial charge on any atom is -0.472 e. The standard InChI is InChI=1S/C24H25N3O3.C17H19BrN2O2.C13H18BNO3.C12H24B2O4.C7H6BrNO/c1-16-6-9-23(26-13-16)30-19-10-11-27(14-19)22-8-7-17(12-18(22)15-28)20-4-2-3-5-21(20)24(25)29;1-12-2-5-17(19-9-12)22-15-6-7-20(10-15)16-4-3-14(18)8-13(16)11-21;1-12(2)13(3,4)18-14(17-12)10-8-6-5-7-9(10)11(15)16;1-9(2)10(3,4)16-13(15-9)14-17-11(5,6)12(7,8)18-14;8-6-4-2-1-3-5(6)7(9)10/h2-9,12-13,19,28H,10-11,14-15H2,1H3,(H2,25,29);2-5,8-9,15,21H,6-7,10-11H2,1H3;5-8H,1-4H3,(H2,15,16);1-8H3;1-4H,(H2,9,10)/t19-;15-;;;/m00.../s1. The fourth-order valence-electron chi connectivity index (χ4n) is 11.2. The molecule has 0 spiro atoms. The van der Waals surface area contributed by atoms with Crippen LogP contribution in [-0.4, -0.2) is 131 Å². The maximum atomic E-state index is 11.8. The Hall–Kier alpha value is -7.16. The number of anilines is 2. The Morgan fingerprint density at radius 1 is 0.510 bits per heavy atom. The van der Waals surface area contributed by atoms with Gasteiger partial charge in [0.2, 0.25) is 29.5 Å². The lowest BCUT2D eigenvalue weighted by molar-refractivity contribution is 0.00578. The van der Waals surface area contributed by atoms with Crippen LogP contribution in [0.4, 0.5) is 11.4 Å². The molecule has 0 aliphatic carbocycles. The highest BCUT2D eigenvalue weighted by Gasteiger charge is 2.64. The summed E-state index contributed by atoms with van der Waals surface area (Å²) in [5.74, 6) is -0.0406. The number of hydrogen-bond acceptors (Lipinski definition) is 17. The van der Waals surface area contributed by atoms with E-state index in [-0.39, 0.29) is 47.8 Å². The van der Waals surface area contributed by atoms with Crippen molar-refractivity contribution >= 4 is 87.6 Å². The molecule has 0 unspecified atom stereocenters. The third kappa shape index (κ3) is 18.8. The van der Waals surface area contributed by atoms with Gasteiger partial charge in [-0.1, -0.05) is 82.7 Å². The number of amides is 3. The van der Waals surface area contributed by atoms with Crippen LogP contribution in [0.15, 0.2) is 155 Å². The second kappa shape index (κ2) is 32.0. The highest BCUT2D eigenvalue weighted by atomic mass is 79.9. The number of benzene rings is 5. The smallest absolute Gasteiger partial charge is 0.472 e. The van der Waals surface area contributed by atoms with Crippen LogP contribution < -0.4 is 41.9 Å². The van der Waals surface area contributed by atoms with E-state index in [0.29, 0.717) is 33.9 Å². The quantitative estimate of drug-likeness (QED) is 0.0633. The number of nitrogens with two attached hydrogens (primary N) is 3. The first-order valence-electron chi connectivity index (χ1n) is 32.8. The maximum absolute atomic E-state index is 11.8. The fourth-order valence-corrected chi connectivity index (χ4v) is 12.0. The number of ether oxygens (including phenoxy) is 2. The Morgan fingerprint density at radius 2 is 0.908 bits per heavy atom. The summed E-state index contributed by atoms with van der Waals surface area (Å²) in [7, 11) is -1.51. The molecular weight excluding hydrogens is 1380 g/mol. The predicted octanol–water partition coefficient (Wildman–Crippen LogP) is 11.5. The monoisotopic (exact) mass is 1470 g/mol. The van der Waals surface area contributed by atoms with Crippen molar-refractivity contribution in [1.82, 2.24) is 9.97 Å². The van der Waals surface area contributed by atoms with Crippen LogP contribution in [0.5, 0.6) is 11.8 Å². The largest absolute Gasteiger partial charge is 0.495 e. The number of pyridine rings is 2. The number of halogens is 2. The molecule has 98 heavy (non-hydrogen) atoms. The predicted molar refractivity (Wildman–Crippen MR) is 392 cm³/mol. The van der Waals surface area contributed by atoms with E-state index < -0.39 is 50.1 Å². The zero-order chi connectivity index (χ0) is 71.7. The third-order valence-electron chi connectivity index (χ3n) is 18.9. The molecule has 5 aliphatic heterocycles. The third-order valence-corrected chi connectivity index (χ3v) is 20.1. The van der Waals surface area contributed by atoms with E-state index in [2.05, 4.69) is 51.6 Å². The van der Waals surface area contributed by atoms with Crippen LogP contribution in [0.2, 0.25) is 0 Å². The summed E-state index contributed by atoms with van der Waals surface area (Å²) in [6.45, 7) is 31.3. The van der Waals surface area contributed by atoms with E-state index in [4.69, 9.17) is 54.6 Å². The van der Waals surface area contributed by atoms with Gasteiger partial charge >= 0.3 is 21.1 Å². The number of nitrogens with zero attached hydrogens (tertiary/aromatic N) is 4. The van der Waals surface area contributed by atoms with Crippen molar-refractivity contribution in [2.75, 3.05) is 36.0 Å². The summed E-state index contributed by atoms with van der Waals surface area (Å²) in [5.41, 5.74) is 23.4. The van der Waals surface area contributed by atoms with Gasteiger partial charge in [-0.15, -0.1) is 0 Å². The summed E-state index contributed by atoms with van der Waals surface area (Å²) in [4.78, 5) is 46.9. The number of carbonyl (C=O) groups excluding carboxylic acids is 3. The van der Waals surface area contributed by atoms with E-state index >= 15 is 0 Å². The van der Waals surface area contributed by atoms with Crippen molar-refractivity contribution in [2.24, 2.45) is 17.2 Å². The number of aliphatic hydroxyl groups excluding tert-OH is 2. The Morgan fingerprint density at radius 3 is 1.33 bits per heavy atom. The molecule has 8 N–H and O–H groups in total. The number of rotatable bonds is 14. The highest BCUT2D eigenvalue weighted by Crippen LogP contribution is 2.44. The van der Waals surface area contributed by atoms with Crippen molar-refractivity contribution in [1.29, 1.82) is 0 Å². The molecule has 5 fully saturated rings. The number of aliphatic hydroxyl groups is 2. The van der Waals surface area contributed by atoms with Gasteiger partial charge in [-0.05, 0) is 195 Å². The van der Waals surface area contributed by atoms with E-state index in [1.807, 2.05) is 194 Å². The molecular formula is C73H92B3Br2N7O13. The first kappa shape index (κ1) is 76.6. The molecule has 5 aromatic carbocycles. The second-order valence-electron chi connectivity index (χ2n) is 27.8. The van der Waals surface area contributed by atoms with E-state index in [0.717, 1.165) is 92.7 Å². The van der Waals surface area contributed by atoms with Gasteiger partial charge < -0.3 is 74.6 Å². The summed E-state index contributed by atoms with van der Waals surface area (Å²) >= 11 is 6.64. The van der Waals surface area contributed by atoms with Crippen molar-refractivity contribution < 1.29 is 62.0 Å². The van der Waals surface area contributed by atoms with Gasteiger partial charge in [-0.2, -0.15) is 0 Å². The molecule has 0 saturated carbocycles. The molecule has 2 aromatic heterocycles. The maximum Gasteiger partial charge on any atom is 0.495 e. The minimum absolute atomic E-state index is 0.0380. The first-order chi connectivity index (χ1) is 46.0. The van der Waals surface area contributed by atoms with E-state index in [9.17, 15) is 24.6 Å². The van der Waals surface area contributed by atoms with Crippen molar-refractivity contribution in [3.05, 3.63) is 194 Å². The average Bonchev–Trinajstić information content (AvgIpc) is 1.58. The summed E-state index contributed by atoms with van der Waals surface area (Å²) in [6.07, 6.45) is 5.63. The molecule has 20 nitrogen and oxygen atoms in total. The first-order valence-corrected chi connectivity index (χ1v) is 34.3. The number of aromatic nitrogens is 2. The number of carbonyl (C=O) groups is 3. The molecule has 3 amide bonds. The normalized spacial score (nSPS) is 19.6. The van der Waals surface area contributed by atoms with Crippen LogP contribution in [0.25, 0.3) is 11.1 Å². The van der Waals surface area contributed by atoms with Gasteiger partial charge in [0.15, 0.2) is 0 Å².